The molecule has 1 heterocycles. The minimum absolute atomic E-state index is 0. The van der Waals surface area contributed by atoms with Gasteiger partial charge in [0, 0.05) is 12.1 Å². The maximum atomic E-state index is 11.7. The molecule has 1 rings (SSSR count). The molecule has 0 radical (unpaired) electrons. The summed E-state index contributed by atoms with van der Waals surface area (Å²) in [6, 6.07) is 0. The van der Waals surface area contributed by atoms with E-state index in [-0.39, 0.29) is 62.8 Å². The van der Waals surface area contributed by atoms with E-state index in [4.69, 9.17) is 0 Å². The Morgan fingerprint density at radius 3 is 2.40 bits per heavy atom. The van der Waals surface area contributed by atoms with Gasteiger partial charge in [-0.25, -0.2) is 0 Å². The van der Waals surface area contributed by atoms with Gasteiger partial charge in [0.2, 0.25) is 5.91 Å². The second-order valence-corrected chi connectivity index (χ2v) is 4.67. The fraction of sp³-hybridized carbons (Fsp3) is 0.800. The first-order valence-corrected chi connectivity index (χ1v) is 4.86. The smallest absolute Gasteiger partial charge is 0.549 e. The monoisotopic (exact) mass is 237 g/mol. The van der Waals surface area contributed by atoms with E-state index in [1.807, 2.05) is 20.8 Å². The van der Waals surface area contributed by atoms with Gasteiger partial charge in [0.15, 0.2) is 0 Å². The van der Waals surface area contributed by atoms with E-state index in [0.717, 1.165) is 6.42 Å². The minimum Gasteiger partial charge on any atom is -0.549 e. The Morgan fingerprint density at radius 2 is 2.00 bits per heavy atom. The van der Waals surface area contributed by atoms with Crippen molar-refractivity contribution in [3.05, 3.63) is 0 Å². The molecule has 0 aromatic carbocycles. The Morgan fingerprint density at radius 1 is 1.47 bits per heavy atom. The normalized spacial score (nSPS) is 22.2. The second-order valence-electron chi connectivity index (χ2n) is 4.67. The Kier molecular flexibility index (Phi) is 5.99. The van der Waals surface area contributed by atoms with Crippen LogP contribution in [0.25, 0.3) is 0 Å². The number of aliphatic carboxylic acids is 1. The molecule has 1 aliphatic rings. The predicted molar refractivity (Wildman–Crippen MR) is 49.2 cm³/mol. The zero-order valence-electron chi connectivity index (χ0n) is 9.87. The van der Waals surface area contributed by atoms with Crippen molar-refractivity contribution in [1.82, 2.24) is 4.90 Å². The molecule has 0 spiro atoms. The van der Waals surface area contributed by atoms with Crippen LogP contribution in [0.15, 0.2) is 0 Å². The van der Waals surface area contributed by atoms with Crippen molar-refractivity contribution < 1.29 is 66.1 Å². The van der Waals surface area contributed by atoms with Crippen LogP contribution in [0.4, 0.5) is 0 Å². The molecule has 0 aromatic rings. The first-order valence-electron chi connectivity index (χ1n) is 4.86. The summed E-state index contributed by atoms with van der Waals surface area (Å²) < 4.78 is 0. The van der Waals surface area contributed by atoms with Crippen LogP contribution < -0.4 is 56.5 Å². The van der Waals surface area contributed by atoms with E-state index in [1.165, 1.54) is 0 Å². The van der Waals surface area contributed by atoms with Crippen LogP contribution in [-0.4, -0.2) is 28.9 Å². The van der Waals surface area contributed by atoms with Gasteiger partial charge < -0.3 is 14.8 Å². The Labute approximate surface area is 133 Å². The number of carbonyl (C=O) groups excluding carboxylic acids is 2. The average molecular weight is 237 g/mol. The zero-order chi connectivity index (χ0) is 10.9. The number of nitrogens with zero attached hydrogens (tertiary/aromatic N) is 1. The van der Waals surface area contributed by atoms with Crippen LogP contribution in [0, 0.1) is 5.92 Å². The third-order valence-corrected chi connectivity index (χ3v) is 2.53. The Hall–Kier alpha value is 0.576. The molecule has 1 fully saturated rings. The van der Waals surface area contributed by atoms with Gasteiger partial charge in [0.25, 0.3) is 0 Å². The number of likely N-dealkylation sites (tertiary alicyclic amines) is 1. The Balaban J connectivity index is 0.00000196. The summed E-state index contributed by atoms with van der Waals surface area (Å²) in [4.78, 5) is 24.0. The van der Waals surface area contributed by atoms with Crippen molar-refractivity contribution in [2.75, 3.05) is 6.54 Å². The molecule has 0 aromatic heterocycles. The Bertz CT molecular complexity index is 260. The van der Waals surface area contributed by atoms with Gasteiger partial charge in [-0.3, -0.25) is 4.79 Å². The van der Waals surface area contributed by atoms with Gasteiger partial charge in [-0.15, -0.1) is 0 Å². The molecule has 0 bridgehead atoms. The third-order valence-electron chi connectivity index (χ3n) is 2.53. The van der Waals surface area contributed by atoms with Crippen LogP contribution in [0.1, 0.15) is 33.6 Å². The van der Waals surface area contributed by atoms with Crippen molar-refractivity contribution >= 4 is 11.9 Å². The molecule has 1 aliphatic heterocycles. The van der Waals surface area contributed by atoms with Crippen molar-refractivity contribution in [1.29, 1.82) is 0 Å². The molecule has 1 unspecified atom stereocenters. The number of piperidine rings is 1. The number of amides is 1. The van der Waals surface area contributed by atoms with Crippen molar-refractivity contribution in [3.8, 4) is 0 Å². The number of carboxylic acids is 1. The fourth-order valence-corrected chi connectivity index (χ4v) is 1.76. The number of carboxylic acid groups (broad SMARTS) is 1. The molecule has 80 valence electrons. The number of rotatable bonds is 1. The molecule has 0 aliphatic carbocycles. The summed E-state index contributed by atoms with van der Waals surface area (Å²) in [5.41, 5.74) is -0.300. The third kappa shape index (κ3) is 3.82. The van der Waals surface area contributed by atoms with Crippen LogP contribution >= 0.6 is 0 Å². The van der Waals surface area contributed by atoms with Crippen LogP contribution in [0.5, 0.6) is 0 Å². The van der Waals surface area contributed by atoms with Gasteiger partial charge in [-0.2, -0.15) is 0 Å². The summed E-state index contributed by atoms with van der Waals surface area (Å²) in [5.74, 6) is -2.49. The van der Waals surface area contributed by atoms with Gasteiger partial charge in [0.1, 0.15) is 0 Å². The van der Waals surface area contributed by atoms with Crippen LogP contribution in [-0.2, 0) is 9.59 Å². The minimum atomic E-state index is -1.25. The summed E-state index contributed by atoms with van der Waals surface area (Å²) in [6.45, 7) is 6.36. The molecule has 0 N–H and O–H groups in total. The molecule has 15 heavy (non-hydrogen) atoms. The number of hydrogen-bond donors (Lipinski definition) is 0. The van der Waals surface area contributed by atoms with E-state index in [1.54, 1.807) is 4.90 Å². The number of carbonyl (C=O) groups is 2. The SMILES string of the molecule is CC(C)(C)N1CCCC(C(=O)[O-])C1=O.[K+]. The molecule has 4 nitrogen and oxygen atoms in total. The number of hydrogen-bond acceptors (Lipinski definition) is 3. The maximum absolute atomic E-state index is 11.7. The first-order chi connectivity index (χ1) is 6.34. The van der Waals surface area contributed by atoms with Crippen LogP contribution in [0.3, 0.4) is 0 Å². The molecule has 1 atom stereocenters. The van der Waals surface area contributed by atoms with Crippen molar-refractivity contribution in [2.45, 2.75) is 39.2 Å². The van der Waals surface area contributed by atoms with E-state index in [9.17, 15) is 14.7 Å². The molecule has 5 heteroatoms. The van der Waals surface area contributed by atoms with Gasteiger partial charge >= 0.3 is 51.4 Å². The summed E-state index contributed by atoms with van der Waals surface area (Å²) in [7, 11) is 0. The van der Waals surface area contributed by atoms with E-state index in [2.05, 4.69) is 0 Å². The van der Waals surface area contributed by atoms with Gasteiger partial charge in [0.05, 0.1) is 11.9 Å². The van der Waals surface area contributed by atoms with E-state index in [0.29, 0.717) is 13.0 Å². The molecule has 1 amide bonds. The topological polar surface area (TPSA) is 60.4 Å². The first kappa shape index (κ1) is 15.6. The maximum Gasteiger partial charge on any atom is 1.00 e. The van der Waals surface area contributed by atoms with Crippen molar-refractivity contribution in [2.24, 2.45) is 5.92 Å². The molecular formula is C10H16KNO3. The zero-order valence-corrected chi connectivity index (χ0v) is 13.0. The summed E-state index contributed by atoms with van der Waals surface area (Å²) in [5, 5.41) is 10.7. The van der Waals surface area contributed by atoms with Crippen LogP contribution in [0.2, 0.25) is 0 Å². The second kappa shape index (κ2) is 5.77. The summed E-state index contributed by atoms with van der Waals surface area (Å²) >= 11 is 0. The van der Waals surface area contributed by atoms with E-state index < -0.39 is 11.9 Å². The average Bonchev–Trinajstić information content (AvgIpc) is 2.01. The molecule has 0 saturated carbocycles. The van der Waals surface area contributed by atoms with E-state index >= 15 is 0 Å². The standard InChI is InChI=1S/C10H17NO3.K/c1-10(2,3)11-6-4-5-7(8(11)12)9(13)14;/h7H,4-6H2,1-3H3,(H,13,14);/q;+1/p-1. The fourth-order valence-electron chi connectivity index (χ4n) is 1.76. The quantitative estimate of drug-likeness (QED) is 0.356. The predicted octanol–water partition coefficient (Wildman–Crippen LogP) is -3.22. The molecule has 1 saturated heterocycles. The summed E-state index contributed by atoms with van der Waals surface area (Å²) in [6.07, 6.45) is 1.15. The van der Waals surface area contributed by atoms with Crippen molar-refractivity contribution in [3.63, 3.8) is 0 Å². The van der Waals surface area contributed by atoms with Gasteiger partial charge in [-0.1, -0.05) is 0 Å². The largest absolute Gasteiger partial charge is 1.00 e. The molecular weight excluding hydrogens is 221 g/mol. The van der Waals surface area contributed by atoms with Gasteiger partial charge in [-0.05, 0) is 33.6 Å².